The average Bonchev–Trinajstić information content (AvgIpc) is 2.35. The normalized spacial score (nSPS) is 26.0. The number of nitrogens with one attached hydrogen (secondary N) is 1. The molecule has 0 bridgehead atoms. The summed E-state index contributed by atoms with van der Waals surface area (Å²) in [6.07, 6.45) is 3.54. The molecule has 2 N–H and O–H groups in total. The SMILES string of the molecule is CC(NC1CCCCC1O)c1ccc(F)c(F)c1. The van der Waals surface area contributed by atoms with Crippen LogP contribution in [0.15, 0.2) is 18.2 Å². The van der Waals surface area contributed by atoms with Crippen LogP contribution in [-0.4, -0.2) is 17.3 Å². The van der Waals surface area contributed by atoms with Gasteiger partial charge in [-0.3, -0.25) is 0 Å². The molecule has 0 radical (unpaired) electrons. The van der Waals surface area contributed by atoms with Crippen LogP contribution < -0.4 is 5.32 Å². The highest BCUT2D eigenvalue weighted by Crippen LogP contribution is 2.22. The zero-order valence-corrected chi connectivity index (χ0v) is 10.5. The molecule has 0 saturated heterocycles. The summed E-state index contributed by atoms with van der Waals surface area (Å²) < 4.78 is 26.0. The Morgan fingerprint density at radius 2 is 1.94 bits per heavy atom. The Morgan fingerprint density at radius 1 is 1.22 bits per heavy atom. The summed E-state index contributed by atoms with van der Waals surface area (Å²) in [6, 6.07) is 3.87. The van der Waals surface area contributed by atoms with Crippen LogP contribution >= 0.6 is 0 Å². The zero-order chi connectivity index (χ0) is 13.1. The summed E-state index contributed by atoms with van der Waals surface area (Å²) >= 11 is 0. The number of aliphatic hydroxyl groups excluding tert-OH is 1. The first-order valence-electron chi connectivity index (χ1n) is 6.47. The minimum absolute atomic E-state index is 0.0434. The van der Waals surface area contributed by atoms with Crippen LogP contribution in [0.2, 0.25) is 0 Å². The molecule has 18 heavy (non-hydrogen) atoms. The number of halogens is 2. The summed E-state index contributed by atoms with van der Waals surface area (Å²) in [4.78, 5) is 0. The second-order valence-electron chi connectivity index (χ2n) is 5.02. The van der Waals surface area contributed by atoms with Gasteiger partial charge in [-0.1, -0.05) is 18.9 Å². The van der Waals surface area contributed by atoms with Crippen LogP contribution in [0, 0.1) is 11.6 Å². The van der Waals surface area contributed by atoms with Gasteiger partial charge in [0.05, 0.1) is 6.10 Å². The summed E-state index contributed by atoms with van der Waals surface area (Å²) in [7, 11) is 0. The van der Waals surface area contributed by atoms with Crippen molar-refractivity contribution in [2.45, 2.75) is 50.8 Å². The van der Waals surface area contributed by atoms with Crippen LogP contribution in [0.5, 0.6) is 0 Å². The van der Waals surface area contributed by atoms with Gasteiger partial charge in [0, 0.05) is 12.1 Å². The first-order valence-corrected chi connectivity index (χ1v) is 6.47. The molecule has 100 valence electrons. The van der Waals surface area contributed by atoms with E-state index in [0.29, 0.717) is 5.56 Å². The number of aliphatic hydroxyl groups is 1. The molecule has 1 aromatic carbocycles. The molecule has 3 atom stereocenters. The Hall–Kier alpha value is -1.00. The second kappa shape index (κ2) is 5.76. The molecule has 0 amide bonds. The van der Waals surface area contributed by atoms with E-state index in [4.69, 9.17) is 0 Å². The van der Waals surface area contributed by atoms with E-state index >= 15 is 0 Å². The van der Waals surface area contributed by atoms with Crippen molar-refractivity contribution in [2.24, 2.45) is 0 Å². The largest absolute Gasteiger partial charge is 0.392 e. The average molecular weight is 255 g/mol. The van der Waals surface area contributed by atoms with E-state index in [-0.39, 0.29) is 18.2 Å². The highest BCUT2D eigenvalue weighted by atomic mass is 19.2. The minimum atomic E-state index is -0.830. The third-order valence-electron chi connectivity index (χ3n) is 3.64. The molecule has 0 heterocycles. The first kappa shape index (κ1) is 13.4. The lowest BCUT2D eigenvalue weighted by Crippen LogP contribution is -2.43. The monoisotopic (exact) mass is 255 g/mol. The van der Waals surface area contributed by atoms with Gasteiger partial charge in [-0.15, -0.1) is 0 Å². The molecule has 0 aliphatic heterocycles. The van der Waals surface area contributed by atoms with Crippen LogP contribution in [0.25, 0.3) is 0 Å². The number of hydrogen-bond acceptors (Lipinski definition) is 2. The van der Waals surface area contributed by atoms with Crippen LogP contribution in [0.4, 0.5) is 8.78 Å². The van der Waals surface area contributed by atoms with Gasteiger partial charge < -0.3 is 10.4 Å². The maximum absolute atomic E-state index is 13.1. The fraction of sp³-hybridized carbons (Fsp3) is 0.571. The van der Waals surface area contributed by atoms with Crippen molar-refractivity contribution in [1.82, 2.24) is 5.32 Å². The van der Waals surface area contributed by atoms with Gasteiger partial charge in [-0.2, -0.15) is 0 Å². The van der Waals surface area contributed by atoms with E-state index in [1.165, 1.54) is 6.07 Å². The Morgan fingerprint density at radius 3 is 2.61 bits per heavy atom. The van der Waals surface area contributed by atoms with Gasteiger partial charge in [0.2, 0.25) is 0 Å². The third-order valence-corrected chi connectivity index (χ3v) is 3.64. The molecule has 1 aliphatic carbocycles. The first-order chi connectivity index (χ1) is 8.58. The fourth-order valence-electron chi connectivity index (χ4n) is 2.50. The predicted octanol–water partition coefficient (Wildman–Crippen LogP) is 2.92. The molecule has 2 rings (SSSR count). The van der Waals surface area contributed by atoms with Crippen molar-refractivity contribution >= 4 is 0 Å². The van der Waals surface area contributed by atoms with E-state index in [1.54, 1.807) is 6.07 Å². The van der Waals surface area contributed by atoms with Crippen LogP contribution in [-0.2, 0) is 0 Å². The molecule has 2 nitrogen and oxygen atoms in total. The lowest BCUT2D eigenvalue weighted by molar-refractivity contribution is 0.0859. The van der Waals surface area contributed by atoms with Gasteiger partial charge >= 0.3 is 0 Å². The molecule has 0 spiro atoms. The molecule has 1 saturated carbocycles. The summed E-state index contributed by atoms with van der Waals surface area (Å²) in [5, 5.41) is 13.2. The van der Waals surface area contributed by atoms with E-state index < -0.39 is 11.6 Å². The topological polar surface area (TPSA) is 32.3 Å². The maximum atomic E-state index is 13.1. The van der Waals surface area contributed by atoms with E-state index in [2.05, 4.69) is 5.32 Å². The third kappa shape index (κ3) is 3.06. The van der Waals surface area contributed by atoms with E-state index in [0.717, 1.165) is 31.7 Å². The predicted molar refractivity (Wildman–Crippen MR) is 66.2 cm³/mol. The van der Waals surface area contributed by atoms with Crippen molar-refractivity contribution < 1.29 is 13.9 Å². The second-order valence-corrected chi connectivity index (χ2v) is 5.02. The van der Waals surface area contributed by atoms with Gasteiger partial charge in [0.25, 0.3) is 0 Å². The minimum Gasteiger partial charge on any atom is -0.392 e. The van der Waals surface area contributed by atoms with Crippen molar-refractivity contribution in [3.05, 3.63) is 35.4 Å². The number of benzene rings is 1. The Bertz CT molecular complexity index is 411. The van der Waals surface area contributed by atoms with Crippen molar-refractivity contribution in [1.29, 1.82) is 0 Å². The summed E-state index contributed by atoms with van der Waals surface area (Å²) in [5.74, 6) is -1.66. The highest BCUT2D eigenvalue weighted by molar-refractivity contribution is 5.21. The van der Waals surface area contributed by atoms with E-state index in [9.17, 15) is 13.9 Å². The Kier molecular flexibility index (Phi) is 4.30. The number of hydrogen-bond donors (Lipinski definition) is 2. The standard InChI is InChI=1S/C14H19F2NO/c1-9(10-6-7-11(15)12(16)8-10)17-13-4-2-3-5-14(13)18/h6-9,13-14,17-18H,2-5H2,1H3. The van der Waals surface area contributed by atoms with Crippen molar-refractivity contribution in [2.75, 3.05) is 0 Å². The lowest BCUT2D eigenvalue weighted by atomic mass is 9.91. The number of rotatable bonds is 3. The van der Waals surface area contributed by atoms with E-state index in [1.807, 2.05) is 6.92 Å². The van der Waals surface area contributed by atoms with Gasteiger partial charge in [-0.25, -0.2) is 8.78 Å². The fourth-order valence-corrected chi connectivity index (χ4v) is 2.50. The quantitative estimate of drug-likeness (QED) is 0.870. The van der Waals surface area contributed by atoms with Crippen molar-refractivity contribution in [3.8, 4) is 0 Å². The molecule has 1 aliphatic rings. The molecule has 0 aromatic heterocycles. The lowest BCUT2D eigenvalue weighted by Gasteiger charge is -2.31. The van der Waals surface area contributed by atoms with Gasteiger partial charge in [0.1, 0.15) is 0 Å². The summed E-state index contributed by atoms with van der Waals surface area (Å²) in [6.45, 7) is 1.90. The molecule has 1 fully saturated rings. The maximum Gasteiger partial charge on any atom is 0.159 e. The molecule has 3 unspecified atom stereocenters. The van der Waals surface area contributed by atoms with Crippen molar-refractivity contribution in [3.63, 3.8) is 0 Å². The molecule has 4 heteroatoms. The Balaban J connectivity index is 2.02. The van der Waals surface area contributed by atoms with Crippen LogP contribution in [0.1, 0.15) is 44.2 Å². The summed E-state index contributed by atoms with van der Waals surface area (Å²) in [5.41, 5.74) is 0.701. The van der Waals surface area contributed by atoms with Crippen LogP contribution in [0.3, 0.4) is 0 Å². The molecular weight excluding hydrogens is 236 g/mol. The zero-order valence-electron chi connectivity index (χ0n) is 10.5. The van der Waals surface area contributed by atoms with Gasteiger partial charge in [0.15, 0.2) is 11.6 Å². The van der Waals surface area contributed by atoms with Gasteiger partial charge in [-0.05, 0) is 37.5 Å². The smallest absolute Gasteiger partial charge is 0.159 e. The Labute approximate surface area is 106 Å². The molecular formula is C14H19F2NO. The highest BCUT2D eigenvalue weighted by Gasteiger charge is 2.24. The molecule has 1 aromatic rings.